The van der Waals surface area contributed by atoms with Crippen molar-refractivity contribution in [1.29, 1.82) is 0 Å². The van der Waals surface area contributed by atoms with Crippen LogP contribution in [0.4, 0.5) is 16.3 Å². The van der Waals surface area contributed by atoms with Crippen molar-refractivity contribution in [3.8, 4) is 0 Å². The smallest absolute Gasteiger partial charge is 0.324 e. The number of hydrogen-bond acceptors (Lipinski definition) is 5. The summed E-state index contributed by atoms with van der Waals surface area (Å²) in [4.78, 5) is 12.3. The Morgan fingerprint density at radius 3 is 2.75 bits per heavy atom. The van der Waals surface area contributed by atoms with Crippen LogP contribution in [-0.2, 0) is 14.8 Å². The van der Waals surface area contributed by atoms with Gasteiger partial charge in [0.25, 0.3) is 0 Å². The van der Waals surface area contributed by atoms with Gasteiger partial charge < -0.3 is 10.1 Å². The van der Waals surface area contributed by atoms with Crippen LogP contribution in [0.15, 0.2) is 35.2 Å². The second-order valence-electron chi connectivity index (χ2n) is 6.62. The van der Waals surface area contributed by atoms with Crippen LogP contribution in [0.5, 0.6) is 0 Å². The highest BCUT2D eigenvalue weighted by Gasteiger charge is 2.19. The van der Waals surface area contributed by atoms with Crippen molar-refractivity contribution < 1.29 is 17.9 Å². The van der Waals surface area contributed by atoms with Crippen molar-refractivity contribution in [2.45, 2.75) is 37.0 Å². The molecule has 0 spiro atoms. The molecule has 0 saturated carbocycles. The van der Waals surface area contributed by atoms with Gasteiger partial charge in [0.05, 0.1) is 11.5 Å². The molecule has 4 N–H and O–H groups in total. The van der Waals surface area contributed by atoms with E-state index in [4.69, 9.17) is 4.74 Å². The van der Waals surface area contributed by atoms with E-state index in [0.29, 0.717) is 31.1 Å². The molecular weight excluding hydrogens is 382 g/mol. The van der Waals surface area contributed by atoms with E-state index in [-0.39, 0.29) is 10.8 Å². The molecule has 152 valence electrons. The second-order valence-corrected chi connectivity index (χ2v) is 8.39. The van der Waals surface area contributed by atoms with Crippen LogP contribution in [-0.4, -0.2) is 44.4 Å². The molecule has 0 radical (unpaired) electrons. The standard InChI is InChI=1S/C18H25N5O4S/c1-2-9-19-28(25,26)15-7-5-14(6-8-15)20-18(24)21-17-11-16(22-23-17)13-4-3-10-27-12-13/h5-8,11,13,19H,2-4,9-10,12H2,1H3,(H3,20,21,22,23,24). The molecule has 2 aromatic rings. The number of benzene rings is 1. The number of rotatable bonds is 7. The van der Waals surface area contributed by atoms with Gasteiger partial charge in [-0.25, -0.2) is 17.9 Å². The zero-order valence-electron chi connectivity index (χ0n) is 15.7. The summed E-state index contributed by atoms with van der Waals surface area (Å²) in [6.45, 7) is 3.70. The van der Waals surface area contributed by atoms with Gasteiger partial charge in [0, 0.05) is 36.5 Å². The Morgan fingerprint density at radius 1 is 1.29 bits per heavy atom. The van der Waals surface area contributed by atoms with Crippen LogP contribution in [0.2, 0.25) is 0 Å². The first-order valence-electron chi connectivity index (χ1n) is 9.28. The van der Waals surface area contributed by atoms with Crippen LogP contribution in [0.25, 0.3) is 0 Å². The Labute approximate surface area is 164 Å². The van der Waals surface area contributed by atoms with E-state index in [1.54, 1.807) is 6.07 Å². The zero-order chi connectivity index (χ0) is 20.0. The fourth-order valence-electron chi connectivity index (χ4n) is 2.91. The lowest BCUT2D eigenvalue weighted by Gasteiger charge is -2.20. The molecule has 1 aliphatic heterocycles. The van der Waals surface area contributed by atoms with Crippen molar-refractivity contribution in [2.24, 2.45) is 0 Å². The molecule has 1 fully saturated rings. The Bertz CT molecular complexity index is 889. The number of carbonyl (C=O) groups is 1. The molecule has 2 amide bonds. The Hall–Kier alpha value is -2.43. The first-order chi connectivity index (χ1) is 13.5. The van der Waals surface area contributed by atoms with Crippen LogP contribution < -0.4 is 15.4 Å². The van der Waals surface area contributed by atoms with Gasteiger partial charge in [0.2, 0.25) is 10.0 Å². The molecule has 1 atom stereocenters. The maximum Gasteiger partial charge on any atom is 0.324 e. The quantitative estimate of drug-likeness (QED) is 0.561. The summed E-state index contributed by atoms with van der Waals surface area (Å²) in [6, 6.07) is 7.31. The summed E-state index contributed by atoms with van der Waals surface area (Å²) in [5, 5.41) is 12.4. The molecule has 28 heavy (non-hydrogen) atoms. The molecule has 10 heteroatoms. The number of sulfonamides is 1. The third kappa shape index (κ3) is 5.31. The molecule has 1 aliphatic rings. The number of nitrogens with one attached hydrogen (secondary N) is 4. The number of urea groups is 1. The minimum Gasteiger partial charge on any atom is -0.381 e. The molecular formula is C18H25N5O4S. The average molecular weight is 407 g/mol. The summed E-state index contributed by atoms with van der Waals surface area (Å²) < 4.78 is 32.1. The largest absolute Gasteiger partial charge is 0.381 e. The number of hydrogen-bond donors (Lipinski definition) is 4. The molecule has 3 rings (SSSR count). The van der Waals surface area contributed by atoms with Gasteiger partial charge in [-0.15, -0.1) is 0 Å². The summed E-state index contributed by atoms with van der Waals surface area (Å²) in [5.74, 6) is 0.678. The van der Waals surface area contributed by atoms with Gasteiger partial charge in [-0.05, 0) is 43.5 Å². The van der Waals surface area contributed by atoms with Crippen LogP contribution in [0, 0.1) is 0 Å². The van der Waals surface area contributed by atoms with Crippen molar-refractivity contribution in [3.05, 3.63) is 36.0 Å². The van der Waals surface area contributed by atoms with E-state index in [1.807, 2.05) is 6.92 Å². The monoisotopic (exact) mass is 407 g/mol. The number of carbonyl (C=O) groups excluding carboxylic acids is 1. The van der Waals surface area contributed by atoms with E-state index < -0.39 is 16.1 Å². The number of aromatic amines is 1. The lowest BCUT2D eigenvalue weighted by molar-refractivity contribution is 0.0793. The third-order valence-corrected chi connectivity index (χ3v) is 5.88. The highest BCUT2D eigenvalue weighted by Crippen LogP contribution is 2.25. The first kappa shape index (κ1) is 20.3. The summed E-state index contributed by atoms with van der Waals surface area (Å²) in [7, 11) is -3.53. The van der Waals surface area contributed by atoms with Gasteiger partial charge in [-0.3, -0.25) is 10.4 Å². The van der Waals surface area contributed by atoms with Gasteiger partial charge in [0.15, 0.2) is 5.82 Å². The normalized spacial score (nSPS) is 17.2. The van der Waals surface area contributed by atoms with Crippen molar-refractivity contribution in [2.75, 3.05) is 30.4 Å². The number of aromatic nitrogens is 2. The number of nitrogens with zero attached hydrogens (tertiary/aromatic N) is 1. The average Bonchev–Trinajstić information content (AvgIpc) is 3.16. The van der Waals surface area contributed by atoms with Gasteiger partial charge in [0.1, 0.15) is 0 Å². The minimum atomic E-state index is -3.53. The first-order valence-corrected chi connectivity index (χ1v) is 10.8. The molecule has 0 aliphatic carbocycles. The van der Waals surface area contributed by atoms with E-state index in [9.17, 15) is 13.2 Å². The predicted molar refractivity (Wildman–Crippen MR) is 106 cm³/mol. The molecule has 1 aromatic carbocycles. The third-order valence-electron chi connectivity index (χ3n) is 4.40. The fourth-order valence-corrected chi connectivity index (χ4v) is 4.05. The molecule has 1 unspecified atom stereocenters. The minimum absolute atomic E-state index is 0.151. The number of anilines is 2. The summed E-state index contributed by atoms with van der Waals surface area (Å²) in [5.41, 5.74) is 1.41. The number of ether oxygens (including phenoxy) is 1. The van der Waals surface area contributed by atoms with Crippen molar-refractivity contribution in [3.63, 3.8) is 0 Å². The van der Waals surface area contributed by atoms with E-state index in [2.05, 4.69) is 25.6 Å². The predicted octanol–water partition coefficient (Wildman–Crippen LogP) is 2.64. The highest BCUT2D eigenvalue weighted by molar-refractivity contribution is 7.89. The highest BCUT2D eigenvalue weighted by atomic mass is 32.2. The van der Waals surface area contributed by atoms with Crippen LogP contribution >= 0.6 is 0 Å². The molecule has 1 aromatic heterocycles. The van der Waals surface area contributed by atoms with E-state index >= 15 is 0 Å². The molecule has 9 nitrogen and oxygen atoms in total. The van der Waals surface area contributed by atoms with Crippen molar-refractivity contribution >= 4 is 27.6 Å². The summed E-state index contributed by atoms with van der Waals surface area (Å²) >= 11 is 0. The van der Waals surface area contributed by atoms with Crippen LogP contribution in [0.1, 0.15) is 37.8 Å². The molecule has 2 heterocycles. The van der Waals surface area contributed by atoms with Crippen LogP contribution in [0.3, 0.4) is 0 Å². The maximum absolute atomic E-state index is 12.2. The van der Waals surface area contributed by atoms with E-state index in [0.717, 1.165) is 25.1 Å². The molecule has 1 saturated heterocycles. The fraction of sp³-hybridized carbons (Fsp3) is 0.444. The molecule has 0 bridgehead atoms. The SMILES string of the molecule is CCCNS(=O)(=O)c1ccc(NC(=O)Nc2cc(C3CCCOC3)[nH]n2)cc1. The Morgan fingerprint density at radius 2 is 2.07 bits per heavy atom. The zero-order valence-corrected chi connectivity index (χ0v) is 16.5. The Balaban J connectivity index is 1.55. The summed E-state index contributed by atoms with van der Waals surface area (Å²) in [6.07, 6.45) is 2.74. The van der Waals surface area contributed by atoms with Gasteiger partial charge >= 0.3 is 6.03 Å². The lowest BCUT2D eigenvalue weighted by Crippen LogP contribution is -2.24. The Kier molecular flexibility index (Phi) is 6.65. The van der Waals surface area contributed by atoms with Crippen molar-refractivity contribution in [1.82, 2.24) is 14.9 Å². The number of amides is 2. The number of H-pyrrole nitrogens is 1. The maximum atomic E-state index is 12.2. The van der Waals surface area contributed by atoms with Gasteiger partial charge in [-0.2, -0.15) is 5.10 Å². The van der Waals surface area contributed by atoms with E-state index in [1.165, 1.54) is 24.3 Å². The van der Waals surface area contributed by atoms with Gasteiger partial charge in [-0.1, -0.05) is 6.92 Å². The lowest BCUT2D eigenvalue weighted by atomic mass is 9.99. The topological polar surface area (TPSA) is 125 Å². The second kappa shape index (κ2) is 9.18.